The van der Waals surface area contributed by atoms with Crippen LogP contribution in [0.15, 0.2) is 53.8 Å². The fraction of sp³-hybridized carbons (Fsp3) is 0.545. The van der Waals surface area contributed by atoms with Gasteiger partial charge in [-0.1, -0.05) is 6.07 Å². The lowest BCUT2D eigenvalue weighted by Gasteiger charge is -2.36. The summed E-state index contributed by atoms with van der Waals surface area (Å²) < 4.78 is 9.61. The summed E-state index contributed by atoms with van der Waals surface area (Å²) in [6.45, 7) is 5.79. The zero-order chi connectivity index (χ0) is 34.0. The van der Waals surface area contributed by atoms with Crippen molar-refractivity contribution in [1.82, 2.24) is 29.4 Å². The van der Waals surface area contributed by atoms with E-state index in [0.717, 1.165) is 82.2 Å². The van der Waals surface area contributed by atoms with E-state index in [4.69, 9.17) is 4.74 Å². The number of fused-ring (bicyclic) bond motifs is 1. The number of hydrogen-bond acceptors (Lipinski definition) is 11. The number of amides is 2. The van der Waals surface area contributed by atoms with E-state index in [1.54, 1.807) is 18.3 Å². The molecule has 254 valence electrons. The first-order chi connectivity index (χ1) is 22.8. The van der Waals surface area contributed by atoms with Gasteiger partial charge in [-0.2, -0.15) is 0 Å². The van der Waals surface area contributed by atoms with Gasteiger partial charge in [0.1, 0.15) is 16.3 Å². The van der Waals surface area contributed by atoms with Crippen molar-refractivity contribution in [3.8, 4) is 11.7 Å². The Hall–Kier alpha value is -3.66. The van der Waals surface area contributed by atoms with E-state index in [9.17, 15) is 24.9 Å². The molecule has 13 nitrogen and oxygen atoms in total. The van der Waals surface area contributed by atoms with E-state index in [-0.39, 0.29) is 34.1 Å². The van der Waals surface area contributed by atoms with Crippen LogP contribution < -0.4 is 14.8 Å². The second-order valence-corrected chi connectivity index (χ2v) is 15.5. The average Bonchev–Trinajstić information content (AvgIpc) is 4.01. The summed E-state index contributed by atoms with van der Waals surface area (Å²) in [5.41, 5.74) is -1.54. The SMILES string of the molecule is BC(O)(C1C2(CC2)C12CC2)C(O)(O)Oc1ccn(-c2ccc(C(=O)NSc3cccc(NCCCC4CN(C=O)C(C)(C)C4)n3)cn2)n1. The van der Waals surface area contributed by atoms with Gasteiger partial charge >= 0.3 is 5.97 Å². The Balaban J connectivity index is 0.877. The van der Waals surface area contributed by atoms with E-state index in [1.807, 2.05) is 23.1 Å². The van der Waals surface area contributed by atoms with Gasteiger partial charge in [0.15, 0.2) is 13.7 Å². The molecule has 4 aliphatic rings. The van der Waals surface area contributed by atoms with Crippen molar-refractivity contribution in [2.45, 2.75) is 80.8 Å². The highest BCUT2D eigenvalue weighted by atomic mass is 32.2. The molecule has 0 bridgehead atoms. The van der Waals surface area contributed by atoms with Crippen molar-refractivity contribution in [2.24, 2.45) is 22.7 Å². The van der Waals surface area contributed by atoms with E-state index in [1.165, 1.54) is 24.8 Å². The molecule has 4 heterocycles. The predicted octanol–water partition coefficient (Wildman–Crippen LogP) is 2.08. The maximum absolute atomic E-state index is 12.8. The number of carbonyl (C=O) groups excluding carboxylic acids is 2. The van der Waals surface area contributed by atoms with Crippen LogP contribution in [0.1, 0.15) is 69.2 Å². The van der Waals surface area contributed by atoms with E-state index >= 15 is 0 Å². The molecule has 2 spiro atoms. The Morgan fingerprint density at radius 2 is 1.90 bits per heavy atom. The van der Waals surface area contributed by atoms with E-state index in [2.05, 4.69) is 39.0 Å². The number of nitrogens with zero attached hydrogens (tertiary/aromatic N) is 5. The molecule has 4 fully saturated rings. The molecular weight excluding hydrogens is 633 g/mol. The number of nitrogens with one attached hydrogen (secondary N) is 2. The number of hydrogen-bond donors (Lipinski definition) is 5. The predicted molar refractivity (Wildman–Crippen MR) is 180 cm³/mol. The Morgan fingerprint density at radius 3 is 2.54 bits per heavy atom. The highest BCUT2D eigenvalue weighted by molar-refractivity contribution is 7.97. The summed E-state index contributed by atoms with van der Waals surface area (Å²) in [5.74, 6) is -1.85. The number of pyridine rings is 2. The fourth-order valence-electron chi connectivity index (χ4n) is 8.37. The molecule has 3 aromatic heterocycles. The maximum atomic E-state index is 12.8. The van der Waals surface area contributed by atoms with Gasteiger partial charge in [0.2, 0.25) is 12.3 Å². The van der Waals surface area contributed by atoms with Crippen LogP contribution in [0.3, 0.4) is 0 Å². The van der Waals surface area contributed by atoms with E-state index in [0.29, 0.717) is 22.3 Å². The molecule has 48 heavy (non-hydrogen) atoms. The third-order valence-corrected chi connectivity index (χ3v) is 11.8. The number of ether oxygens (including phenoxy) is 1. The first-order valence-corrected chi connectivity index (χ1v) is 17.4. The first-order valence-electron chi connectivity index (χ1n) is 16.6. The normalized spacial score (nSPS) is 22.7. The molecule has 2 amide bonds. The lowest BCUT2D eigenvalue weighted by atomic mass is 9.73. The number of aliphatic hydroxyl groups is 3. The summed E-state index contributed by atoms with van der Waals surface area (Å²) in [7, 11) is 1.43. The molecule has 3 saturated carbocycles. The topological polar surface area (TPSA) is 175 Å². The number of rotatable bonds is 14. The van der Waals surface area contributed by atoms with Crippen molar-refractivity contribution in [3.63, 3.8) is 0 Å². The number of anilines is 1. The third kappa shape index (κ3) is 5.84. The van der Waals surface area contributed by atoms with Gasteiger partial charge in [0, 0.05) is 55.0 Å². The minimum absolute atomic E-state index is 0.0281. The molecule has 0 aromatic carbocycles. The largest absolute Gasteiger partial charge is 0.418 e. The monoisotopic (exact) mass is 675 g/mol. The number of carbonyl (C=O) groups is 2. The minimum atomic E-state index is -2.82. The Morgan fingerprint density at radius 1 is 1.15 bits per heavy atom. The van der Waals surface area contributed by atoms with Gasteiger partial charge < -0.3 is 30.3 Å². The van der Waals surface area contributed by atoms with Gasteiger partial charge in [0.05, 0.1) is 5.56 Å². The van der Waals surface area contributed by atoms with Crippen LogP contribution in [0.5, 0.6) is 5.88 Å². The molecule has 3 aromatic rings. The van der Waals surface area contributed by atoms with Crippen molar-refractivity contribution in [3.05, 3.63) is 54.4 Å². The van der Waals surface area contributed by atoms with Crippen molar-refractivity contribution in [1.29, 1.82) is 0 Å². The second kappa shape index (κ2) is 11.7. The third-order valence-electron chi connectivity index (χ3n) is 11.1. The van der Waals surface area contributed by atoms with Crippen LogP contribution in [-0.2, 0) is 4.79 Å². The Labute approximate surface area is 284 Å². The zero-order valence-electron chi connectivity index (χ0n) is 27.4. The second-order valence-electron chi connectivity index (χ2n) is 14.7. The van der Waals surface area contributed by atoms with Crippen LogP contribution >= 0.6 is 11.9 Å². The van der Waals surface area contributed by atoms with Gasteiger partial charge in [-0.05, 0) is 99.8 Å². The Kier molecular flexibility index (Phi) is 8.04. The molecule has 7 rings (SSSR count). The highest BCUT2D eigenvalue weighted by Crippen LogP contribution is 2.94. The molecular formula is C33H42BN7O6S. The molecule has 1 saturated heterocycles. The van der Waals surface area contributed by atoms with Crippen molar-refractivity contribution in [2.75, 3.05) is 18.4 Å². The van der Waals surface area contributed by atoms with Gasteiger partial charge in [-0.25, -0.2) is 14.6 Å². The minimum Gasteiger partial charge on any atom is -0.418 e. The zero-order valence-corrected chi connectivity index (χ0v) is 28.2. The lowest BCUT2D eigenvalue weighted by molar-refractivity contribution is -0.358. The van der Waals surface area contributed by atoms with Gasteiger partial charge in [-0.3, -0.25) is 14.3 Å². The summed E-state index contributed by atoms with van der Waals surface area (Å²) in [6.07, 6.45) is 10.9. The average molecular weight is 676 g/mol. The lowest BCUT2D eigenvalue weighted by Crippen LogP contribution is -2.61. The summed E-state index contributed by atoms with van der Waals surface area (Å²) in [4.78, 5) is 34.9. The number of likely N-dealkylation sites (tertiary alicyclic amines) is 1. The molecule has 15 heteroatoms. The van der Waals surface area contributed by atoms with Gasteiger partial charge in [0.25, 0.3) is 5.91 Å². The van der Waals surface area contributed by atoms with Crippen molar-refractivity contribution < 1.29 is 29.6 Å². The molecule has 0 radical (unpaired) electrons. The van der Waals surface area contributed by atoms with Crippen molar-refractivity contribution >= 4 is 37.9 Å². The molecule has 5 N–H and O–H groups in total. The Bertz CT molecular complexity index is 1670. The molecule has 3 aliphatic carbocycles. The van der Waals surface area contributed by atoms with Crippen LogP contribution in [0, 0.1) is 22.7 Å². The summed E-state index contributed by atoms with van der Waals surface area (Å²) >= 11 is 1.11. The maximum Gasteiger partial charge on any atom is 0.345 e. The smallest absolute Gasteiger partial charge is 0.345 e. The van der Waals surface area contributed by atoms with E-state index < -0.39 is 11.5 Å². The molecule has 2 atom stereocenters. The van der Waals surface area contributed by atoms with Crippen LogP contribution in [0.2, 0.25) is 0 Å². The summed E-state index contributed by atoms with van der Waals surface area (Å²) in [6, 6.07) is 10.3. The van der Waals surface area contributed by atoms with Gasteiger partial charge in [-0.15, -0.1) is 5.10 Å². The summed E-state index contributed by atoms with van der Waals surface area (Å²) in [5, 5.41) is 41.1. The standard InChI is InChI=1S/C33H42BN7O6S/c1-29(2)17-21(19-40(29)20-42)5-4-15-35-23-6-3-7-26(37-23)48-39-27(43)22-8-9-24(36-18-22)41-16-10-25(38-41)47-33(45,46)32(34,44)28-30(11-12-30)31(28)13-14-31/h3,6-10,16,18,20-21,28,44-46H,4-5,11-15,17,19,34H2,1-2H3,(H,35,37)(H,39,43). The number of aromatic nitrogens is 4. The quantitative estimate of drug-likeness (QED) is 0.0557. The highest BCUT2D eigenvalue weighted by Gasteiger charge is 2.91. The molecule has 1 aliphatic heterocycles. The first kappa shape index (κ1) is 32.9. The fourth-order valence-corrected chi connectivity index (χ4v) is 8.97. The molecule has 2 unspecified atom stereocenters. The van der Waals surface area contributed by atoms with Crippen LogP contribution in [0.4, 0.5) is 5.82 Å². The van der Waals surface area contributed by atoms with Crippen LogP contribution in [-0.4, -0.2) is 90.2 Å². The van der Waals surface area contributed by atoms with Crippen LogP contribution in [0.25, 0.3) is 5.82 Å².